The van der Waals surface area contributed by atoms with Crippen LogP contribution in [0.25, 0.3) is 0 Å². The molecule has 1 heterocycles. The van der Waals surface area contributed by atoms with E-state index in [4.69, 9.17) is 0 Å². The van der Waals surface area contributed by atoms with Crippen LogP contribution in [0.5, 0.6) is 0 Å². The quantitative estimate of drug-likeness (QED) is 0.492. The Hall–Kier alpha value is -2.88. The first-order valence-corrected chi connectivity index (χ1v) is 11.7. The maximum atomic E-state index is 14.0. The zero-order valence-corrected chi connectivity index (χ0v) is 19.1. The number of alkyl halides is 9. The molecule has 204 valence electrons. The first-order chi connectivity index (χ1) is 16.8. The highest BCUT2D eigenvalue weighted by atomic mass is 32.2. The maximum absolute atomic E-state index is 14.0. The first kappa shape index (κ1) is 28.7. The molecule has 2 aromatic rings. The van der Waals surface area contributed by atoms with Crippen molar-refractivity contribution < 1.29 is 57.1 Å². The molecule has 1 aliphatic heterocycles. The molecule has 0 radical (unpaired) electrons. The Bertz CT molecular complexity index is 1250. The van der Waals surface area contributed by atoms with Crippen molar-refractivity contribution in [3.05, 3.63) is 64.5 Å². The van der Waals surface area contributed by atoms with Crippen molar-refractivity contribution in [2.45, 2.75) is 29.8 Å². The minimum atomic E-state index is -5.26. The van der Waals surface area contributed by atoms with Crippen LogP contribution in [-0.4, -0.2) is 49.7 Å². The van der Waals surface area contributed by atoms with E-state index in [2.05, 4.69) is 0 Å². The summed E-state index contributed by atoms with van der Waals surface area (Å²) in [5, 5.41) is 0. The molecule has 1 fully saturated rings. The fourth-order valence-electron chi connectivity index (χ4n) is 3.54. The van der Waals surface area contributed by atoms with Crippen molar-refractivity contribution in [1.82, 2.24) is 9.21 Å². The second kappa shape index (κ2) is 9.78. The van der Waals surface area contributed by atoms with Crippen molar-refractivity contribution in [3.8, 4) is 0 Å². The van der Waals surface area contributed by atoms with E-state index in [9.17, 15) is 57.1 Å². The summed E-state index contributed by atoms with van der Waals surface area (Å²) in [5.41, 5.74) is -5.23. The lowest BCUT2D eigenvalue weighted by Gasteiger charge is -2.34. The highest BCUT2D eigenvalue weighted by Gasteiger charge is 2.40. The molecule has 0 bridgehead atoms. The Balaban J connectivity index is 1.75. The lowest BCUT2D eigenvalue weighted by Crippen LogP contribution is -2.50. The predicted molar refractivity (Wildman–Crippen MR) is 107 cm³/mol. The van der Waals surface area contributed by atoms with Gasteiger partial charge in [0.2, 0.25) is 15.9 Å². The fourth-order valence-corrected chi connectivity index (χ4v) is 5.04. The van der Waals surface area contributed by atoms with E-state index in [-0.39, 0.29) is 42.9 Å². The normalized spacial score (nSPS) is 16.2. The van der Waals surface area contributed by atoms with Gasteiger partial charge in [-0.05, 0) is 35.9 Å². The molecule has 0 spiro atoms. The van der Waals surface area contributed by atoms with Gasteiger partial charge in [0.1, 0.15) is 5.82 Å². The molecule has 1 saturated heterocycles. The lowest BCUT2D eigenvalue weighted by atomic mass is 10.1. The zero-order valence-electron chi connectivity index (χ0n) is 18.3. The topological polar surface area (TPSA) is 57.7 Å². The monoisotopic (exact) mass is 566 g/mol. The van der Waals surface area contributed by atoms with Gasteiger partial charge in [0.25, 0.3) is 0 Å². The Morgan fingerprint density at radius 2 is 1.22 bits per heavy atom. The summed E-state index contributed by atoms with van der Waals surface area (Å²) in [6.07, 6.45) is -16.0. The van der Waals surface area contributed by atoms with Crippen LogP contribution in [0.15, 0.2) is 41.3 Å². The van der Waals surface area contributed by atoms with Crippen LogP contribution in [0.2, 0.25) is 0 Å². The van der Waals surface area contributed by atoms with Gasteiger partial charge < -0.3 is 4.90 Å². The number of sulfonamides is 1. The summed E-state index contributed by atoms with van der Waals surface area (Å²) in [5.74, 6) is -2.05. The molecule has 0 saturated carbocycles. The molecule has 5 nitrogen and oxygen atoms in total. The second-order valence-electron chi connectivity index (χ2n) is 8.01. The van der Waals surface area contributed by atoms with Crippen molar-refractivity contribution in [2.75, 3.05) is 26.2 Å². The molecule has 3 rings (SSSR count). The van der Waals surface area contributed by atoms with Crippen molar-refractivity contribution in [3.63, 3.8) is 0 Å². The van der Waals surface area contributed by atoms with E-state index < -0.39 is 81.4 Å². The zero-order chi connectivity index (χ0) is 28.0. The molecule has 1 amide bonds. The highest BCUT2D eigenvalue weighted by molar-refractivity contribution is 7.89. The third-order valence-electron chi connectivity index (χ3n) is 5.51. The maximum Gasteiger partial charge on any atom is 0.416 e. The smallest absolute Gasteiger partial charge is 0.340 e. The number of rotatable bonds is 4. The number of nitrogens with zero attached hydrogens (tertiary/aromatic N) is 2. The average molecular weight is 566 g/mol. The van der Waals surface area contributed by atoms with Gasteiger partial charge in [-0.1, -0.05) is 6.07 Å². The minimum Gasteiger partial charge on any atom is -0.340 e. The summed E-state index contributed by atoms with van der Waals surface area (Å²) < 4.78 is 157. The molecule has 1 aliphatic rings. The van der Waals surface area contributed by atoms with E-state index in [0.717, 1.165) is 11.0 Å². The van der Waals surface area contributed by atoms with Gasteiger partial charge in [0, 0.05) is 26.2 Å². The van der Waals surface area contributed by atoms with Gasteiger partial charge in [0.15, 0.2) is 0 Å². The van der Waals surface area contributed by atoms with Crippen LogP contribution in [0.3, 0.4) is 0 Å². The van der Waals surface area contributed by atoms with Crippen molar-refractivity contribution in [2.24, 2.45) is 0 Å². The SMILES string of the molecule is O=C(Cc1ccc(C(F)(F)F)cc1F)N1CCN(S(=O)(=O)c2cc(C(F)(F)F)cc(C(F)(F)F)c2)CC1. The number of benzene rings is 2. The van der Waals surface area contributed by atoms with E-state index in [1.165, 1.54) is 0 Å². The highest BCUT2D eigenvalue weighted by Crippen LogP contribution is 2.38. The number of carbonyl (C=O) groups excluding carboxylic acids is 1. The number of carbonyl (C=O) groups is 1. The van der Waals surface area contributed by atoms with Crippen LogP contribution in [0.1, 0.15) is 22.3 Å². The Morgan fingerprint density at radius 3 is 1.65 bits per heavy atom. The van der Waals surface area contributed by atoms with Crippen molar-refractivity contribution in [1.29, 1.82) is 0 Å². The van der Waals surface area contributed by atoms with Crippen LogP contribution < -0.4 is 0 Å². The van der Waals surface area contributed by atoms with E-state index in [1.807, 2.05) is 0 Å². The van der Waals surface area contributed by atoms with Gasteiger partial charge in [-0.15, -0.1) is 0 Å². The van der Waals surface area contributed by atoms with Crippen LogP contribution in [0.4, 0.5) is 43.9 Å². The Morgan fingerprint density at radius 1 is 0.730 bits per heavy atom. The summed E-state index contributed by atoms with van der Waals surface area (Å²) in [4.78, 5) is 12.3. The van der Waals surface area contributed by atoms with E-state index in [1.54, 1.807) is 0 Å². The van der Waals surface area contributed by atoms with Crippen LogP contribution >= 0.6 is 0 Å². The Kier molecular flexibility index (Phi) is 7.58. The predicted octanol–water partition coefficient (Wildman–Crippen LogP) is 4.96. The Labute approximate surface area is 203 Å². The average Bonchev–Trinajstić information content (AvgIpc) is 2.78. The van der Waals surface area contributed by atoms with Gasteiger partial charge in [-0.25, -0.2) is 12.8 Å². The fraction of sp³-hybridized carbons (Fsp3) is 0.381. The largest absolute Gasteiger partial charge is 0.416 e. The van der Waals surface area contributed by atoms with Gasteiger partial charge in [-0.2, -0.15) is 43.8 Å². The third kappa shape index (κ3) is 6.52. The lowest BCUT2D eigenvalue weighted by molar-refractivity contribution is -0.143. The van der Waals surface area contributed by atoms with E-state index >= 15 is 0 Å². The van der Waals surface area contributed by atoms with Crippen LogP contribution in [-0.2, 0) is 39.8 Å². The molecular formula is C21H16F10N2O3S. The number of hydrogen-bond acceptors (Lipinski definition) is 3. The molecule has 0 aromatic heterocycles. The molecule has 0 N–H and O–H groups in total. The minimum absolute atomic E-state index is 0.0789. The molecule has 37 heavy (non-hydrogen) atoms. The van der Waals surface area contributed by atoms with Gasteiger partial charge >= 0.3 is 18.5 Å². The molecule has 16 heteroatoms. The second-order valence-corrected chi connectivity index (χ2v) is 9.95. The number of hydrogen-bond donors (Lipinski definition) is 0. The summed E-state index contributed by atoms with van der Waals surface area (Å²) in [6.45, 7) is -1.68. The third-order valence-corrected chi connectivity index (χ3v) is 7.39. The molecule has 0 atom stereocenters. The molecule has 2 aromatic carbocycles. The standard InChI is InChI=1S/C21H16F10N2O3S/c22-17-11-13(19(23,24)25)2-1-12(17)7-18(34)32-3-5-33(6-4-32)37(35,36)16-9-14(20(26,27)28)8-15(10-16)21(29,30)31/h1-2,8-11H,3-7H2. The number of amides is 1. The molecule has 0 aliphatic carbocycles. The van der Waals surface area contributed by atoms with Gasteiger partial charge in [0.05, 0.1) is 28.0 Å². The summed E-state index contributed by atoms with van der Waals surface area (Å²) >= 11 is 0. The summed E-state index contributed by atoms with van der Waals surface area (Å²) in [6, 6.07) is 1.53. The summed E-state index contributed by atoms with van der Waals surface area (Å²) in [7, 11) is -4.83. The van der Waals surface area contributed by atoms with E-state index in [0.29, 0.717) is 10.4 Å². The first-order valence-electron chi connectivity index (χ1n) is 10.2. The molecule has 0 unspecified atom stereocenters. The molecular weight excluding hydrogens is 550 g/mol. The van der Waals surface area contributed by atoms with Gasteiger partial charge in [-0.3, -0.25) is 4.79 Å². The number of halogens is 10. The van der Waals surface area contributed by atoms with Crippen LogP contribution in [0, 0.1) is 5.82 Å². The number of piperazine rings is 1. The van der Waals surface area contributed by atoms with Crippen molar-refractivity contribution >= 4 is 15.9 Å².